The lowest BCUT2D eigenvalue weighted by molar-refractivity contribution is 0.102. The van der Waals surface area contributed by atoms with Crippen LogP contribution in [0, 0.1) is 6.92 Å². The smallest absolute Gasteiger partial charge is 0.261 e. The summed E-state index contributed by atoms with van der Waals surface area (Å²) in [5.41, 5.74) is 2.30. The van der Waals surface area contributed by atoms with Gasteiger partial charge in [-0.1, -0.05) is 24.3 Å². The van der Waals surface area contributed by atoms with Crippen LogP contribution in [0.1, 0.15) is 16.1 Å². The zero-order chi connectivity index (χ0) is 22.0. The van der Waals surface area contributed by atoms with Gasteiger partial charge < -0.3 is 10.3 Å². The minimum Gasteiger partial charge on any atom is -0.358 e. The molecule has 3 N–H and O–H groups in total. The molecule has 0 aliphatic carbocycles. The molecule has 1 amide bonds. The number of H-pyrrole nitrogens is 1. The number of nitrogens with one attached hydrogen (secondary N) is 3. The first-order valence-corrected chi connectivity index (χ1v) is 10.9. The highest BCUT2D eigenvalue weighted by Crippen LogP contribution is 2.19. The minimum atomic E-state index is -3.86. The van der Waals surface area contributed by atoms with E-state index in [0.717, 1.165) is 5.69 Å². The van der Waals surface area contributed by atoms with Gasteiger partial charge in [0.25, 0.3) is 15.9 Å². The first-order chi connectivity index (χ1) is 14.8. The first kappa shape index (κ1) is 20.4. The van der Waals surface area contributed by atoms with E-state index in [4.69, 9.17) is 0 Å². The van der Waals surface area contributed by atoms with E-state index in [1.807, 2.05) is 0 Å². The molecule has 0 atom stereocenters. The Hall–Kier alpha value is -3.91. The standard InChI is InChI=1S/C23H19N3O4S/c1-15-12-22(27)20-14-18(10-11-21(20)24-15)25-23(28)16-6-5-9-19(13-16)31(29,30)26-17-7-3-2-4-8-17/h2-14,26H,1H3,(H,24,27)(H,25,28). The van der Waals surface area contributed by atoms with E-state index < -0.39 is 15.9 Å². The van der Waals surface area contributed by atoms with E-state index in [1.54, 1.807) is 55.5 Å². The van der Waals surface area contributed by atoms with Gasteiger partial charge in [0.2, 0.25) is 0 Å². The maximum absolute atomic E-state index is 12.7. The Morgan fingerprint density at radius 2 is 1.65 bits per heavy atom. The van der Waals surface area contributed by atoms with Crippen molar-refractivity contribution in [3.63, 3.8) is 0 Å². The van der Waals surface area contributed by atoms with Crippen LogP contribution in [0.3, 0.4) is 0 Å². The zero-order valence-corrected chi connectivity index (χ0v) is 17.4. The maximum Gasteiger partial charge on any atom is 0.261 e. The van der Waals surface area contributed by atoms with Gasteiger partial charge in [0.1, 0.15) is 0 Å². The number of carbonyl (C=O) groups is 1. The molecule has 0 aliphatic heterocycles. The fraction of sp³-hybridized carbons (Fsp3) is 0.0435. The summed E-state index contributed by atoms with van der Waals surface area (Å²) in [6, 6.07) is 20.7. The van der Waals surface area contributed by atoms with Gasteiger partial charge in [-0.25, -0.2) is 8.42 Å². The van der Waals surface area contributed by atoms with Crippen molar-refractivity contribution in [2.24, 2.45) is 0 Å². The minimum absolute atomic E-state index is 0.0329. The van der Waals surface area contributed by atoms with Gasteiger partial charge in [0, 0.05) is 39.6 Å². The lowest BCUT2D eigenvalue weighted by atomic mass is 10.1. The van der Waals surface area contributed by atoms with Crippen LogP contribution in [0.4, 0.5) is 11.4 Å². The number of aryl methyl sites for hydroxylation is 1. The number of anilines is 2. The summed E-state index contributed by atoms with van der Waals surface area (Å²) in [4.78, 5) is 28.0. The third-order valence-corrected chi connectivity index (χ3v) is 6.03. The third kappa shape index (κ3) is 4.49. The number of benzene rings is 3. The van der Waals surface area contributed by atoms with Crippen LogP contribution in [-0.2, 0) is 10.0 Å². The molecule has 1 heterocycles. The van der Waals surface area contributed by atoms with Gasteiger partial charge in [0.05, 0.1) is 4.90 Å². The Morgan fingerprint density at radius 3 is 2.42 bits per heavy atom. The molecular weight excluding hydrogens is 414 g/mol. The number of amides is 1. The van der Waals surface area contributed by atoms with E-state index in [0.29, 0.717) is 22.3 Å². The molecule has 1 aromatic heterocycles. The Labute approximate surface area is 178 Å². The van der Waals surface area contributed by atoms with Crippen molar-refractivity contribution in [3.05, 3.63) is 100 Å². The van der Waals surface area contributed by atoms with Crippen LogP contribution in [0.15, 0.2) is 88.6 Å². The highest BCUT2D eigenvalue weighted by Gasteiger charge is 2.17. The van der Waals surface area contributed by atoms with Crippen LogP contribution in [0.25, 0.3) is 10.9 Å². The molecule has 0 aliphatic rings. The van der Waals surface area contributed by atoms with Gasteiger partial charge in [-0.05, 0) is 55.5 Å². The predicted octanol–water partition coefficient (Wildman–Crippen LogP) is 3.89. The maximum atomic E-state index is 12.7. The monoisotopic (exact) mass is 433 g/mol. The number of aromatic amines is 1. The predicted molar refractivity (Wildman–Crippen MR) is 121 cm³/mol. The summed E-state index contributed by atoms with van der Waals surface area (Å²) in [6.07, 6.45) is 0. The first-order valence-electron chi connectivity index (χ1n) is 9.45. The van der Waals surface area contributed by atoms with E-state index in [9.17, 15) is 18.0 Å². The number of pyridine rings is 1. The zero-order valence-electron chi connectivity index (χ0n) is 16.5. The number of hydrogen-bond acceptors (Lipinski definition) is 4. The molecule has 8 heteroatoms. The summed E-state index contributed by atoms with van der Waals surface area (Å²) in [5, 5.41) is 3.16. The molecule has 0 saturated heterocycles. The lowest BCUT2D eigenvalue weighted by Gasteiger charge is -2.10. The molecule has 0 spiro atoms. The average Bonchev–Trinajstić information content (AvgIpc) is 2.74. The summed E-state index contributed by atoms with van der Waals surface area (Å²) < 4.78 is 27.8. The van der Waals surface area contributed by atoms with Crippen molar-refractivity contribution in [1.82, 2.24) is 4.98 Å². The quantitative estimate of drug-likeness (QED) is 0.444. The highest BCUT2D eigenvalue weighted by atomic mass is 32.2. The second-order valence-corrected chi connectivity index (χ2v) is 8.71. The van der Waals surface area contributed by atoms with Crippen LogP contribution in [0.2, 0.25) is 0 Å². The summed E-state index contributed by atoms with van der Waals surface area (Å²) in [7, 11) is -3.86. The van der Waals surface area contributed by atoms with Gasteiger partial charge in [-0.15, -0.1) is 0 Å². The molecular formula is C23H19N3O4S. The Morgan fingerprint density at radius 1 is 0.871 bits per heavy atom. The van der Waals surface area contributed by atoms with E-state index in [1.165, 1.54) is 30.3 Å². The Balaban J connectivity index is 1.58. The number of rotatable bonds is 5. The molecule has 4 aromatic rings. The second kappa shape index (κ2) is 8.08. The van der Waals surface area contributed by atoms with E-state index in [-0.39, 0.29) is 15.9 Å². The number of sulfonamides is 1. The van der Waals surface area contributed by atoms with E-state index >= 15 is 0 Å². The highest BCUT2D eigenvalue weighted by molar-refractivity contribution is 7.92. The van der Waals surface area contributed by atoms with Crippen molar-refractivity contribution in [1.29, 1.82) is 0 Å². The van der Waals surface area contributed by atoms with Crippen molar-refractivity contribution in [3.8, 4) is 0 Å². The largest absolute Gasteiger partial charge is 0.358 e. The number of aromatic nitrogens is 1. The lowest BCUT2D eigenvalue weighted by Crippen LogP contribution is -2.16. The normalized spacial score (nSPS) is 11.3. The fourth-order valence-electron chi connectivity index (χ4n) is 3.19. The summed E-state index contributed by atoms with van der Waals surface area (Å²) in [6.45, 7) is 1.80. The number of fused-ring (bicyclic) bond motifs is 1. The topological polar surface area (TPSA) is 108 Å². The Bertz CT molecular complexity index is 1440. The molecule has 0 bridgehead atoms. The molecule has 156 valence electrons. The van der Waals surface area contributed by atoms with Crippen LogP contribution in [0.5, 0.6) is 0 Å². The van der Waals surface area contributed by atoms with Gasteiger partial charge in [-0.3, -0.25) is 14.3 Å². The summed E-state index contributed by atoms with van der Waals surface area (Å²) in [5.74, 6) is -0.486. The van der Waals surface area contributed by atoms with Gasteiger partial charge >= 0.3 is 0 Å². The molecule has 0 saturated carbocycles. The van der Waals surface area contributed by atoms with Crippen molar-refractivity contribution in [2.45, 2.75) is 11.8 Å². The van der Waals surface area contributed by atoms with Crippen LogP contribution in [-0.4, -0.2) is 19.3 Å². The van der Waals surface area contributed by atoms with Crippen molar-refractivity contribution in [2.75, 3.05) is 10.0 Å². The average molecular weight is 433 g/mol. The van der Waals surface area contributed by atoms with Gasteiger partial charge in [-0.2, -0.15) is 0 Å². The number of para-hydroxylation sites is 1. The van der Waals surface area contributed by atoms with Crippen molar-refractivity contribution >= 4 is 38.2 Å². The molecule has 0 radical (unpaired) electrons. The van der Waals surface area contributed by atoms with Crippen LogP contribution < -0.4 is 15.5 Å². The second-order valence-electron chi connectivity index (χ2n) is 7.03. The van der Waals surface area contributed by atoms with Crippen LogP contribution >= 0.6 is 0 Å². The molecule has 7 nitrogen and oxygen atoms in total. The summed E-state index contributed by atoms with van der Waals surface area (Å²) >= 11 is 0. The molecule has 4 rings (SSSR count). The SMILES string of the molecule is Cc1cc(=O)c2cc(NC(=O)c3cccc(S(=O)(=O)Nc4ccccc4)c3)ccc2[nH]1. The number of hydrogen-bond donors (Lipinski definition) is 3. The fourth-order valence-corrected chi connectivity index (χ4v) is 4.29. The number of carbonyl (C=O) groups excluding carboxylic acids is 1. The third-order valence-electron chi connectivity index (χ3n) is 4.65. The molecule has 31 heavy (non-hydrogen) atoms. The molecule has 3 aromatic carbocycles. The van der Waals surface area contributed by atoms with Gasteiger partial charge in [0.15, 0.2) is 5.43 Å². The molecule has 0 unspecified atom stereocenters. The van der Waals surface area contributed by atoms with E-state index in [2.05, 4.69) is 15.0 Å². The molecule has 0 fully saturated rings. The Kier molecular flexibility index (Phi) is 5.31. The van der Waals surface area contributed by atoms with Crippen molar-refractivity contribution < 1.29 is 13.2 Å².